The van der Waals surface area contributed by atoms with Gasteiger partial charge < -0.3 is 21.3 Å². The summed E-state index contributed by atoms with van der Waals surface area (Å²) in [6, 6.07) is 3.54. The third kappa shape index (κ3) is 4.22. The van der Waals surface area contributed by atoms with Crippen molar-refractivity contribution in [2.75, 3.05) is 12.3 Å². The van der Waals surface area contributed by atoms with Crippen LogP contribution >= 0.6 is 0 Å². The molecule has 2 atom stereocenters. The van der Waals surface area contributed by atoms with Gasteiger partial charge in [-0.05, 0) is 49.1 Å². The predicted octanol–water partition coefficient (Wildman–Crippen LogP) is 0.806. The molecule has 5 heteroatoms. The van der Waals surface area contributed by atoms with E-state index < -0.39 is 12.2 Å². The highest BCUT2D eigenvalue weighted by Crippen LogP contribution is 2.27. The van der Waals surface area contributed by atoms with Gasteiger partial charge in [0.25, 0.3) is 0 Å². The SMILES string of the molecule is CC(=O)NCCC(O)C(O)c1c(C)cc(N)cc1C. The summed E-state index contributed by atoms with van der Waals surface area (Å²) in [6.07, 6.45) is -1.61. The second-order valence-electron chi connectivity index (χ2n) is 4.85. The van der Waals surface area contributed by atoms with Crippen LogP contribution in [0.2, 0.25) is 0 Å². The van der Waals surface area contributed by atoms with Gasteiger partial charge in [-0.3, -0.25) is 4.79 Å². The fourth-order valence-corrected chi connectivity index (χ4v) is 2.22. The summed E-state index contributed by atoms with van der Waals surface area (Å²) in [6.45, 7) is 5.45. The molecule has 0 aliphatic carbocycles. The first-order valence-electron chi connectivity index (χ1n) is 6.30. The third-order valence-corrected chi connectivity index (χ3v) is 3.09. The van der Waals surface area contributed by atoms with E-state index >= 15 is 0 Å². The number of nitrogens with one attached hydrogen (secondary N) is 1. The summed E-state index contributed by atoms with van der Waals surface area (Å²) in [7, 11) is 0. The molecule has 0 bridgehead atoms. The zero-order chi connectivity index (χ0) is 14.6. The second-order valence-corrected chi connectivity index (χ2v) is 4.85. The minimum Gasteiger partial charge on any atom is -0.399 e. The number of rotatable bonds is 5. The van der Waals surface area contributed by atoms with Crippen LogP contribution in [-0.2, 0) is 4.79 Å². The van der Waals surface area contributed by atoms with Crippen LogP contribution in [0.4, 0.5) is 5.69 Å². The lowest BCUT2D eigenvalue weighted by atomic mass is 9.93. The molecule has 1 aromatic rings. The lowest BCUT2D eigenvalue weighted by Gasteiger charge is -2.22. The van der Waals surface area contributed by atoms with Gasteiger partial charge in [0.15, 0.2) is 0 Å². The molecule has 0 saturated heterocycles. The van der Waals surface area contributed by atoms with E-state index in [2.05, 4.69) is 5.32 Å². The molecule has 0 saturated carbocycles. The molecule has 1 amide bonds. The van der Waals surface area contributed by atoms with Crippen molar-refractivity contribution in [3.63, 3.8) is 0 Å². The van der Waals surface area contributed by atoms with Gasteiger partial charge in [-0.2, -0.15) is 0 Å². The Morgan fingerprint density at radius 3 is 2.32 bits per heavy atom. The van der Waals surface area contributed by atoms with E-state index in [0.29, 0.717) is 24.2 Å². The fourth-order valence-electron chi connectivity index (χ4n) is 2.22. The molecule has 106 valence electrons. The first kappa shape index (κ1) is 15.5. The normalized spacial score (nSPS) is 13.9. The Labute approximate surface area is 113 Å². The Balaban J connectivity index is 2.76. The zero-order valence-electron chi connectivity index (χ0n) is 11.6. The van der Waals surface area contributed by atoms with E-state index in [4.69, 9.17) is 5.73 Å². The Kier molecular flexibility index (Phi) is 5.32. The molecular formula is C14H22N2O3. The molecule has 0 fully saturated rings. The number of aliphatic hydroxyl groups excluding tert-OH is 2. The maximum atomic E-state index is 10.7. The van der Waals surface area contributed by atoms with Crippen LogP contribution in [0.1, 0.15) is 36.1 Å². The number of amides is 1. The van der Waals surface area contributed by atoms with E-state index in [1.54, 1.807) is 12.1 Å². The van der Waals surface area contributed by atoms with Crippen LogP contribution < -0.4 is 11.1 Å². The maximum absolute atomic E-state index is 10.7. The van der Waals surface area contributed by atoms with Gasteiger partial charge in [-0.25, -0.2) is 0 Å². The van der Waals surface area contributed by atoms with Crippen molar-refractivity contribution in [3.8, 4) is 0 Å². The van der Waals surface area contributed by atoms with Crippen molar-refractivity contribution in [3.05, 3.63) is 28.8 Å². The van der Waals surface area contributed by atoms with Crippen LogP contribution in [-0.4, -0.2) is 28.8 Å². The molecule has 0 aromatic heterocycles. The molecule has 5 nitrogen and oxygen atoms in total. The smallest absolute Gasteiger partial charge is 0.216 e. The van der Waals surface area contributed by atoms with Gasteiger partial charge in [-0.15, -0.1) is 0 Å². The Morgan fingerprint density at radius 1 is 1.32 bits per heavy atom. The predicted molar refractivity (Wildman–Crippen MR) is 74.6 cm³/mol. The molecule has 1 rings (SSSR count). The first-order valence-corrected chi connectivity index (χ1v) is 6.30. The molecule has 2 unspecified atom stereocenters. The van der Waals surface area contributed by atoms with Crippen molar-refractivity contribution < 1.29 is 15.0 Å². The number of benzene rings is 1. The minimum absolute atomic E-state index is 0.151. The van der Waals surface area contributed by atoms with Gasteiger partial charge in [0.2, 0.25) is 5.91 Å². The summed E-state index contributed by atoms with van der Waals surface area (Å²) in [4.78, 5) is 10.7. The summed E-state index contributed by atoms with van der Waals surface area (Å²) in [5.74, 6) is -0.151. The molecule has 1 aromatic carbocycles. The first-order chi connectivity index (χ1) is 8.82. The quantitative estimate of drug-likeness (QED) is 0.593. The van der Waals surface area contributed by atoms with Crippen molar-refractivity contribution >= 4 is 11.6 Å². The van der Waals surface area contributed by atoms with Crippen LogP contribution in [0.3, 0.4) is 0 Å². The van der Waals surface area contributed by atoms with Crippen LogP contribution in [0.25, 0.3) is 0 Å². The van der Waals surface area contributed by atoms with Gasteiger partial charge in [0, 0.05) is 19.2 Å². The summed E-state index contributed by atoms with van der Waals surface area (Å²) >= 11 is 0. The lowest BCUT2D eigenvalue weighted by molar-refractivity contribution is -0.119. The van der Waals surface area contributed by atoms with Crippen molar-refractivity contribution in [2.24, 2.45) is 0 Å². The van der Waals surface area contributed by atoms with Gasteiger partial charge in [0.05, 0.1) is 6.10 Å². The molecule has 5 N–H and O–H groups in total. The van der Waals surface area contributed by atoms with Crippen LogP contribution in [0.5, 0.6) is 0 Å². The lowest BCUT2D eigenvalue weighted by Crippen LogP contribution is -2.28. The van der Waals surface area contributed by atoms with E-state index in [1.165, 1.54) is 6.92 Å². The maximum Gasteiger partial charge on any atom is 0.216 e. The van der Waals surface area contributed by atoms with Crippen LogP contribution in [0.15, 0.2) is 12.1 Å². The molecule has 0 spiro atoms. The highest BCUT2D eigenvalue weighted by Gasteiger charge is 2.21. The van der Waals surface area contributed by atoms with E-state index in [-0.39, 0.29) is 5.91 Å². The monoisotopic (exact) mass is 266 g/mol. The van der Waals surface area contributed by atoms with E-state index in [1.807, 2.05) is 13.8 Å². The number of nitrogens with two attached hydrogens (primary N) is 1. The van der Waals surface area contributed by atoms with E-state index in [9.17, 15) is 15.0 Å². The highest BCUT2D eigenvalue weighted by molar-refractivity contribution is 5.72. The highest BCUT2D eigenvalue weighted by atomic mass is 16.3. The second kappa shape index (κ2) is 6.54. The zero-order valence-corrected chi connectivity index (χ0v) is 11.6. The summed E-state index contributed by atoms with van der Waals surface area (Å²) in [5, 5.41) is 22.8. The van der Waals surface area contributed by atoms with Gasteiger partial charge in [-0.1, -0.05) is 0 Å². The molecular weight excluding hydrogens is 244 g/mol. The number of hydrogen-bond acceptors (Lipinski definition) is 4. The third-order valence-electron chi connectivity index (χ3n) is 3.09. The van der Waals surface area contributed by atoms with Crippen molar-refractivity contribution in [1.82, 2.24) is 5.32 Å². The average Bonchev–Trinajstić information content (AvgIpc) is 2.26. The van der Waals surface area contributed by atoms with Crippen LogP contribution in [0, 0.1) is 13.8 Å². The Morgan fingerprint density at radius 2 is 1.84 bits per heavy atom. The van der Waals surface area contributed by atoms with Crippen molar-refractivity contribution in [2.45, 2.75) is 39.4 Å². The van der Waals surface area contributed by atoms with Crippen molar-refractivity contribution in [1.29, 1.82) is 0 Å². The minimum atomic E-state index is -0.977. The molecule has 0 aliphatic heterocycles. The van der Waals surface area contributed by atoms with Gasteiger partial charge in [0.1, 0.15) is 6.10 Å². The molecule has 19 heavy (non-hydrogen) atoms. The average molecular weight is 266 g/mol. The number of aryl methyl sites for hydroxylation is 2. The van der Waals surface area contributed by atoms with E-state index in [0.717, 1.165) is 11.1 Å². The summed E-state index contributed by atoms with van der Waals surface area (Å²) in [5.41, 5.74) is 8.76. The molecule has 0 aliphatic rings. The Bertz CT molecular complexity index is 437. The number of anilines is 1. The number of hydrogen-bond donors (Lipinski definition) is 4. The largest absolute Gasteiger partial charge is 0.399 e. The Hall–Kier alpha value is -1.59. The van der Waals surface area contributed by atoms with Gasteiger partial charge >= 0.3 is 0 Å². The number of carbonyl (C=O) groups excluding carboxylic acids is 1. The number of carbonyl (C=O) groups is 1. The topological polar surface area (TPSA) is 95.6 Å². The molecule has 0 heterocycles. The molecule has 0 radical (unpaired) electrons. The fraction of sp³-hybridized carbons (Fsp3) is 0.500. The standard InChI is InChI=1S/C14H22N2O3/c1-8-6-11(15)7-9(2)13(8)14(19)12(18)4-5-16-10(3)17/h6-7,12,14,18-19H,4-5,15H2,1-3H3,(H,16,17). The summed E-state index contributed by atoms with van der Waals surface area (Å²) < 4.78 is 0. The number of aliphatic hydroxyl groups is 2. The number of nitrogen functional groups attached to an aromatic ring is 1.